The molecule has 2 aromatic carbocycles. The second kappa shape index (κ2) is 11.8. The van der Waals surface area contributed by atoms with Gasteiger partial charge in [0, 0.05) is 30.9 Å². The van der Waals surface area contributed by atoms with Gasteiger partial charge in [-0.15, -0.1) is 0 Å². The largest absolute Gasteiger partial charge is 0.493 e. The van der Waals surface area contributed by atoms with Crippen LogP contribution in [-0.2, 0) is 14.4 Å². The number of rotatable bonds is 9. The number of hydrogen-bond acceptors (Lipinski definition) is 9. The number of imide groups is 1. The molecule has 2 aliphatic rings. The first kappa shape index (κ1) is 26.7. The van der Waals surface area contributed by atoms with Crippen molar-refractivity contribution < 1.29 is 33.6 Å². The maximum Gasteiger partial charge on any atom is 0.294 e. The Hall–Kier alpha value is -4.39. The number of ether oxygens (including phenoxy) is 2. The van der Waals surface area contributed by atoms with Crippen molar-refractivity contribution in [3.63, 3.8) is 0 Å². The molecule has 0 bridgehead atoms. The zero-order valence-corrected chi connectivity index (χ0v) is 21.2. The number of nitrogens with one attached hydrogen (secondary N) is 1. The minimum absolute atomic E-state index is 0.156. The lowest BCUT2D eigenvalue weighted by Crippen LogP contribution is -2.40. The number of benzene rings is 2. The molecule has 0 unspecified atom stereocenters. The van der Waals surface area contributed by atoms with Gasteiger partial charge in [0.1, 0.15) is 6.54 Å². The number of nitrogens with zero attached hydrogens (tertiary/aromatic N) is 3. The molecule has 1 N–H and O–H groups in total. The Morgan fingerprint density at radius 2 is 1.89 bits per heavy atom. The summed E-state index contributed by atoms with van der Waals surface area (Å²) in [5.74, 6) is -0.782. The fourth-order valence-electron chi connectivity index (χ4n) is 3.92. The van der Waals surface area contributed by atoms with Crippen molar-refractivity contribution in [1.82, 2.24) is 9.80 Å². The number of amides is 4. The van der Waals surface area contributed by atoms with Gasteiger partial charge in [0.25, 0.3) is 22.7 Å². The molecular formula is C25H24N4O8S. The van der Waals surface area contributed by atoms with Crippen LogP contribution in [0.1, 0.15) is 18.4 Å². The molecule has 2 fully saturated rings. The standard InChI is InChI=1S/C25H24N4O8S/c1-36-20-11-16(12-21-24(32)28(25(33)38-21)14-23(31)27-9-2-3-10-27)7-8-19(20)37-15-22(30)26-17-5-4-6-18(13-17)29(34)35/h4-8,11-13H,2-3,9-10,14-15H2,1H3,(H,26,30)/b21-12-. The summed E-state index contributed by atoms with van der Waals surface area (Å²) in [6.45, 7) is 0.601. The van der Waals surface area contributed by atoms with Gasteiger partial charge in [-0.1, -0.05) is 12.1 Å². The van der Waals surface area contributed by atoms with Crippen LogP contribution in [-0.4, -0.2) is 71.0 Å². The molecule has 0 radical (unpaired) electrons. The molecule has 2 heterocycles. The Labute approximate surface area is 221 Å². The normalized spacial score (nSPS) is 16.2. The number of thioether (sulfide) groups is 1. The summed E-state index contributed by atoms with van der Waals surface area (Å²) in [5, 5.41) is 12.9. The number of anilines is 1. The first-order valence-electron chi connectivity index (χ1n) is 11.6. The van der Waals surface area contributed by atoms with Crippen LogP contribution in [0.2, 0.25) is 0 Å². The predicted molar refractivity (Wildman–Crippen MR) is 139 cm³/mol. The Morgan fingerprint density at radius 3 is 2.61 bits per heavy atom. The third-order valence-corrected chi connectivity index (χ3v) is 6.72. The first-order chi connectivity index (χ1) is 18.2. The predicted octanol–water partition coefficient (Wildman–Crippen LogP) is 3.28. The molecular weight excluding hydrogens is 516 g/mol. The summed E-state index contributed by atoms with van der Waals surface area (Å²) in [7, 11) is 1.41. The highest BCUT2D eigenvalue weighted by Crippen LogP contribution is 2.34. The topological polar surface area (TPSA) is 148 Å². The Bertz CT molecular complexity index is 1320. The van der Waals surface area contributed by atoms with Crippen LogP contribution in [0, 0.1) is 10.1 Å². The third kappa shape index (κ3) is 6.29. The van der Waals surface area contributed by atoms with E-state index in [1.165, 1.54) is 37.5 Å². The molecule has 198 valence electrons. The van der Waals surface area contributed by atoms with Gasteiger partial charge >= 0.3 is 0 Å². The van der Waals surface area contributed by atoms with E-state index in [-0.39, 0.29) is 46.8 Å². The van der Waals surface area contributed by atoms with E-state index >= 15 is 0 Å². The van der Waals surface area contributed by atoms with Crippen LogP contribution < -0.4 is 14.8 Å². The van der Waals surface area contributed by atoms with Crippen LogP contribution in [0.4, 0.5) is 16.2 Å². The molecule has 4 amide bonds. The maximum absolute atomic E-state index is 12.8. The number of hydrogen-bond donors (Lipinski definition) is 1. The summed E-state index contributed by atoms with van der Waals surface area (Å²) < 4.78 is 10.9. The number of likely N-dealkylation sites (tertiary alicyclic amines) is 1. The number of carbonyl (C=O) groups excluding carboxylic acids is 4. The van der Waals surface area contributed by atoms with Crippen LogP contribution in [0.15, 0.2) is 47.4 Å². The van der Waals surface area contributed by atoms with E-state index in [4.69, 9.17) is 9.47 Å². The first-order valence-corrected chi connectivity index (χ1v) is 12.4. The molecule has 2 saturated heterocycles. The monoisotopic (exact) mass is 540 g/mol. The molecule has 2 aliphatic heterocycles. The Morgan fingerprint density at radius 1 is 1.13 bits per heavy atom. The smallest absolute Gasteiger partial charge is 0.294 e. The molecule has 0 spiro atoms. The quantitative estimate of drug-likeness (QED) is 0.287. The molecule has 0 saturated carbocycles. The zero-order chi connectivity index (χ0) is 27.2. The van der Waals surface area contributed by atoms with E-state index in [0.717, 1.165) is 29.5 Å². The average molecular weight is 541 g/mol. The molecule has 0 aromatic heterocycles. The molecule has 4 rings (SSSR count). The third-order valence-electron chi connectivity index (χ3n) is 5.81. The van der Waals surface area contributed by atoms with Crippen molar-refractivity contribution in [2.24, 2.45) is 0 Å². The molecule has 2 aromatic rings. The number of methoxy groups -OCH3 is 1. The number of non-ortho nitro benzene ring substituents is 1. The Kier molecular flexibility index (Phi) is 8.26. The number of carbonyl (C=O) groups is 4. The van der Waals surface area contributed by atoms with Crippen molar-refractivity contribution in [3.05, 3.63) is 63.0 Å². The Balaban J connectivity index is 1.38. The molecule has 0 atom stereocenters. The van der Waals surface area contributed by atoms with Crippen molar-refractivity contribution in [2.75, 3.05) is 38.7 Å². The molecule has 38 heavy (non-hydrogen) atoms. The van der Waals surface area contributed by atoms with Crippen molar-refractivity contribution >= 4 is 52.2 Å². The molecule has 13 heteroatoms. The second-order valence-corrected chi connectivity index (χ2v) is 9.40. The van der Waals surface area contributed by atoms with Gasteiger partial charge in [-0.3, -0.25) is 34.2 Å². The van der Waals surface area contributed by atoms with Crippen molar-refractivity contribution in [3.8, 4) is 11.5 Å². The summed E-state index contributed by atoms with van der Waals surface area (Å²) in [4.78, 5) is 62.9. The minimum atomic E-state index is -0.562. The fourth-order valence-corrected chi connectivity index (χ4v) is 4.76. The van der Waals surface area contributed by atoms with E-state index in [9.17, 15) is 29.3 Å². The maximum atomic E-state index is 12.8. The van der Waals surface area contributed by atoms with Crippen molar-refractivity contribution in [1.29, 1.82) is 0 Å². The highest BCUT2D eigenvalue weighted by molar-refractivity contribution is 8.18. The lowest BCUT2D eigenvalue weighted by atomic mass is 10.2. The van der Waals surface area contributed by atoms with Crippen LogP contribution >= 0.6 is 11.8 Å². The molecule has 12 nitrogen and oxygen atoms in total. The summed E-state index contributed by atoms with van der Waals surface area (Å²) >= 11 is 0.757. The van der Waals surface area contributed by atoms with E-state index in [1.807, 2.05) is 0 Å². The van der Waals surface area contributed by atoms with Crippen molar-refractivity contribution in [2.45, 2.75) is 12.8 Å². The van der Waals surface area contributed by atoms with Crippen LogP contribution in [0.3, 0.4) is 0 Å². The fraction of sp³-hybridized carbons (Fsp3) is 0.280. The van der Waals surface area contributed by atoms with E-state index in [2.05, 4.69) is 5.32 Å². The van der Waals surface area contributed by atoms with Gasteiger partial charge in [0.15, 0.2) is 18.1 Å². The average Bonchev–Trinajstić information content (AvgIpc) is 3.53. The molecule has 0 aliphatic carbocycles. The van der Waals surface area contributed by atoms with Gasteiger partial charge in [-0.25, -0.2) is 0 Å². The highest BCUT2D eigenvalue weighted by Gasteiger charge is 2.37. The SMILES string of the molecule is COc1cc(/C=C2\SC(=O)N(CC(=O)N3CCCC3)C2=O)ccc1OCC(=O)Nc1cccc([N+](=O)[O-])c1. The summed E-state index contributed by atoms with van der Waals surface area (Å²) in [5.41, 5.74) is 0.648. The van der Waals surface area contributed by atoms with E-state index in [0.29, 0.717) is 18.7 Å². The minimum Gasteiger partial charge on any atom is -0.493 e. The number of nitro groups is 1. The van der Waals surface area contributed by atoms with Gasteiger partial charge in [0.2, 0.25) is 5.91 Å². The van der Waals surface area contributed by atoms with Gasteiger partial charge < -0.3 is 19.7 Å². The van der Waals surface area contributed by atoms with Gasteiger partial charge in [-0.05, 0) is 54.4 Å². The lowest BCUT2D eigenvalue weighted by Gasteiger charge is -2.18. The van der Waals surface area contributed by atoms with Gasteiger partial charge in [0.05, 0.1) is 16.9 Å². The van der Waals surface area contributed by atoms with Crippen LogP contribution in [0.25, 0.3) is 6.08 Å². The zero-order valence-electron chi connectivity index (χ0n) is 20.4. The van der Waals surface area contributed by atoms with Gasteiger partial charge in [-0.2, -0.15) is 0 Å². The van der Waals surface area contributed by atoms with E-state index < -0.39 is 22.0 Å². The summed E-state index contributed by atoms with van der Waals surface area (Å²) in [6, 6.07) is 10.3. The lowest BCUT2D eigenvalue weighted by molar-refractivity contribution is -0.384. The van der Waals surface area contributed by atoms with E-state index in [1.54, 1.807) is 23.1 Å². The summed E-state index contributed by atoms with van der Waals surface area (Å²) in [6.07, 6.45) is 3.35. The highest BCUT2D eigenvalue weighted by atomic mass is 32.2. The number of nitro benzene ring substituents is 1. The second-order valence-electron chi connectivity index (χ2n) is 8.41. The van der Waals surface area contributed by atoms with Crippen LogP contribution in [0.5, 0.6) is 11.5 Å².